The van der Waals surface area contributed by atoms with Crippen molar-refractivity contribution in [2.75, 3.05) is 4.72 Å². The molecule has 0 radical (unpaired) electrons. The van der Waals surface area contributed by atoms with E-state index in [1.54, 1.807) is 31.2 Å². The summed E-state index contributed by atoms with van der Waals surface area (Å²) in [6.07, 6.45) is 0. The van der Waals surface area contributed by atoms with Crippen LogP contribution in [-0.4, -0.2) is 13.5 Å². The predicted molar refractivity (Wildman–Crippen MR) is 79.1 cm³/mol. The number of nitriles is 1. The van der Waals surface area contributed by atoms with Crippen LogP contribution in [0.15, 0.2) is 47.4 Å². The summed E-state index contributed by atoms with van der Waals surface area (Å²) in [6.45, 7) is 1.42. The van der Waals surface area contributed by atoms with Gasteiger partial charge in [-0.3, -0.25) is 4.72 Å². The van der Waals surface area contributed by atoms with Gasteiger partial charge in [0.1, 0.15) is 0 Å². The third-order valence-electron chi connectivity index (χ3n) is 3.06. The Morgan fingerprint density at radius 2 is 1.95 bits per heavy atom. The molecule has 5 nitrogen and oxygen atoms in total. The molecule has 0 aromatic heterocycles. The first-order chi connectivity index (χ1) is 9.97. The number of aliphatic hydroxyl groups excluding tert-OH is 1. The zero-order chi connectivity index (χ0) is 15.5. The zero-order valence-corrected chi connectivity index (χ0v) is 12.2. The molecule has 0 fully saturated rings. The largest absolute Gasteiger partial charge is 0.392 e. The van der Waals surface area contributed by atoms with Gasteiger partial charge in [0.05, 0.1) is 28.8 Å². The van der Waals surface area contributed by atoms with E-state index in [4.69, 9.17) is 5.26 Å². The molecule has 0 spiro atoms. The summed E-state index contributed by atoms with van der Waals surface area (Å²) in [5.74, 6) is 0. The molecular weight excluding hydrogens is 288 g/mol. The molecule has 0 heterocycles. The molecule has 6 heteroatoms. The second kappa shape index (κ2) is 5.95. The highest BCUT2D eigenvalue weighted by Gasteiger charge is 2.16. The highest BCUT2D eigenvalue weighted by atomic mass is 32.2. The van der Waals surface area contributed by atoms with Crippen LogP contribution in [0.5, 0.6) is 0 Å². The Hall–Kier alpha value is -2.36. The fraction of sp³-hybridized carbons (Fsp3) is 0.133. The van der Waals surface area contributed by atoms with Crippen molar-refractivity contribution in [3.8, 4) is 6.07 Å². The number of hydrogen-bond donors (Lipinski definition) is 2. The fourth-order valence-corrected chi connectivity index (χ4v) is 3.08. The first kappa shape index (κ1) is 15.0. The van der Waals surface area contributed by atoms with Crippen molar-refractivity contribution in [1.82, 2.24) is 0 Å². The lowest BCUT2D eigenvalue weighted by molar-refractivity contribution is 0.282. The molecule has 0 saturated carbocycles. The van der Waals surface area contributed by atoms with Crippen molar-refractivity contribution in [3.63, 3.8) is 0 Å². The van der Waals surface area contributed by atoms with Gasteiger partial charge in [0.25, 0.3) is 10.0 Å². The summed E-state index contributed by atoms with van der Waals surface area (Å²) < 4.78 is 27.1. The lowest BCUT2D eigenvalue weighted by Gasteiger charge is -2.12. The molecule has 0 amide bonds. The van der Waals surface area contributed by atoms with Gasteiger partial charge >= 0.3 is 0 Å². The van der Waals surface area contributed by atoms with E-state index < -0.39 is 10.0 Å². The molecule has 0 unspecified atom stereocenters. The monoisotopic (exact) mass is 302 g/mol. The van der Waals surface area contributed by atoms with Gasteiger partial charge < -0.3 is 5.11 Å². The SMILES string of the molecule is Cc1cc(S(=O)(=O)Nc2ccccc2CO)ccc1C#N. The number of nitrogens with zero attached hydrogens (tertiary/aromatic N) is 1. The van der Waals surface area contributed by atoms with Crippen LogP contribution in [0.4, 0.5) is 5.69 Å². The molecule has 0 atom stereocenters. The van der Waals surface area contributed by atoms with Gasteiger partial charge in [-0.15, -0.1) is 0 Å². The molecule has 108 valence electrons. The Morgan fingerprint density at radius 3 is 2.57 bits per heavy atom. The summed E-state index contributed by atoms with van der Waals surface area (Å²) >= 11 is 0. The molecular formula is C15H14N2O3S. The number of sulfonamides is 1. The Labute approximate surface area is 123 Å². The van der Waals surface area contributed by atoms with Crippen molar-refractivity contribution >= 4 is 15.7 Å². The van der Waals surface area contributed by atoms with Crippen LogP contribution in [0.3, 0.4) is 0 Å². The van der Waals surface area contributed by atoms with Crippen LogP contribution in [0.2, 0.25) is 0 Å². The Bertz CT molecular complexity index is 808. The quantitative estimate of drug-likeness (QED) is 0.905. The number of anilines is 1. The normalized spacial score (nSPS) is 10.9. The smallest absolute Gasteiger partial charge is 0.261 e. The number of hydrogen-bond acceptors (Lipinski definition) is 4. The van der Waals surface area contributed by atoms with Gasteiger partial charge in [-0.25, -0.2) is 8.42 Å². The van der Waals surface area contributed by atoms with Gasteiger partial charge in [0, 0.05) is 5.56 Å². The maximum atomic E-state index is 12.3. The third-order valence-corrected chi connectivity index (χ3v) is 4.42. The number of nitrogens with one attached hydrogen (secondary N) is 1. The molecule has 0 saturated heterocycles. The average Bonchev–Trinajstić information content (AvgIpc) is 2.47. The maximum Gasteiger partial charge on any atom is 0.261 e. The zero-order valence-electron chi connectivity index (χ0n) is 11.4. The van der Waals surface area contributed by atoms with Gasteiger partial charge in [-0.1, -0.05) is 18.2 Å². The molecule has 2 rings (SSSR count). The number of aliphatic hydroxyl groups is 1. The van der Waals surface area contributed by atoms with Crippen LogP contribution >= 0.6 is 0 Å². The standard InChI is InChI=1S/C15H14N2O3S/c1-11-8-14(7-6-12(11)9-16)21(19,20)17-15-5-3-2-4-13(15)10-18/h2-8,17-18H,10H2,1H3. The van der Waals surface area contributed by atoms with Crippen molar-refractivity contribution in [2.45, 2.75) is 18.4 Å². The second-order valence-corrected chi connectivity index (χ2v) is 6.19. The van der Waals surface area contributed by atoms with Gasteiger partial charge in [0.15, 0.2) is 0 Å². The summed E-state index contributed by atoms with van der Waals surface area (Å²) in [5.41, 5.74) is 1.86. The van der Waals surface area contributed by atoms with Gasteiger partial charge in [-0.2, -0.15) is 5.26 Å². The van der Waals surface area contributed by atoms with Crippen LogP contribution in [0.1, 0.15) is 16.7 Å². The highest BCUT2D eigenvalue weighted by molar-refractivity contribution is 7.92. The summed E-state index contributed by atoms with van der Waals surface area (Å²) in [4.78, 5) is 0.0757. The summed E-state index contributed by atoms with van der Waals surface area (Å²) in [7, 11) is -3.76. The van der Waals surface area contributed by atoms with Crippen molar-refractivity contribution in [2.24, 2.45) is 0 Å². The van der Waals surface area contributed by atoms with Gasteiger partial charge in [-0.05, 0) is 36.8 Å². The predicted octanol–water partition coefficient (Wildman–Crippen LogP) is 2.16. The molecule has 2 N–H and O–H groups in total. The number of para-hydroxylation sites is 1. The van der Waals surface area contributed by atoms with Crippen molar-refractivity contribution in [1.29, 1.82) is 5.26 Å². The fourth-order valence-electron chi connectivity index (χ4n) is 1.89. The van der Waals surface area contributed by atoms with E-state index in [-0.39, 0.29) is 11.5 Å². The molecule has 0 aliphatic rings. The number of rotatable bonds is 4. The Balaban J connectivity index is 2.39. The van der Waals surface area contributed by atoms with E-state index >= 15 is 0 Å². The first-order valence-electron chi connectivity index (χ1n) is 6.20. The van der Waals surface area contributed by atoms with Crippen LogP contribution in [0.25, 0.3) is 0 Å². The molecule has 2 aromatic rings. The van der Waals surface area contributed by atoms with Crippen LogP contribution in [0, 0.1) is 18.3 Å². The first-order valence-corrected chi connectivity index (χ1v) is 7.68. The van der Waals surface area contributed by atoms with Gasteiger partial charge in [0.2, 0.25) is 0 Å². The third kappa shape index (κ3) is 3.21. The van der Waals surface area contributed by atoms with E-state index in [1.165, 1.54) is 18.2 Å². The Morgan fingerprint density at radius 1 is 1.24 bits per heavy atom. The minimum atomic E-state index is -3.76. The van der Waals surface area contributed by atoms with E-state index in [0.717, 1.165) is 0 Å². The number of benzene rings is 2. The highest BCUT2D eigenvalue weighted by Crippen LogP contribution is 2.21. The summed E-state index contributed by atoms with van der Waals surface area (Å²) in [6, 6.07) is 12.9. The molecule has 0 aliphatic carbocycles. The van der Waals surface area contributed by atoms with Crippen LogP contribution in [-0.2, 0) is 16.6 Å². The van der Waals surface area contributed by atoms with Crippen molar-refractivity contribution in [3.05, 3.63) is 59.2 Å². The lowest BCUT2D eigenvalue weighted by atomic mass is 10.1. The molecule has 0 aliphatic heterocycles. The van der Waals surface area contributed by atoms with E-state index in [1.807, 2.05) is 6.07 Å². The molecule has 0 bridgehead atoms. The minimum absolute atomic E-state index is 0.0757. The molecule has 21 heavy (non-hydrogen) atoms. The average molecular weight is 302 g/mol. The topological polar surface area (TPSA) is 90.2 Å². The Kier molecular flexibility index (Phi) is 4.26. The summed E-state index contributed by atoms with van der Waals surface area (Å²) in [5, 5.41) is 18.1. The minimum Gasteiger partial charge on any atom is -0.392 e. The second-order valence-electron chi connectivity index (χ2n) is 4.51. The van der Waals surface area contributed by atoms with E-state index in [0.29, 0.717) is 22.4 Å². The van der Waals surface area contributed by atoms with E-state index in [9.17, 15) is 13.5 Å². The van der Waals surface area contributed by atoms with E-state index in [2.05, 4.69) is 4.72 Å². The van der Waals surface area contributed by atoms with Crippen LogP contribution < -0.4 is 4.72 Å². The molecule has 2 aromatic carbocycles. The maximum absolute atomic E-state index is 12.3. The lowest BCUT2D eigenvalue weighted by Crippen LogP contribution is -2.14. The number of aryl methyl sites for hydroxylation is 1. The van der Waals surface area contributed by atoms with Crippen molar-refractivity contribution < 1.29 is 13.5 Å².